The maximum atomic E-state index is 15.5. The van der Waals surface area contributed by atoms with Crippen LogP contribution in [0.25, 0.3) is 0 Å². The van der Waals surface area contributed by atoms with Gasteiger partial charge in [0.25, 0.3) is 5.56 Å². The van der Waals surface area contributed by atoms with Crippen LogP contribution in [0.1, 0.15) is 32.5 Å². The molecule has 0 aliphatic carbocycles. The molecule has 2 heterocycles. The summed E-state index contributed by atoms with van der Waals surface area (Å²) in [5, 5.41) is 0. The lowest BCUT2D eigenvalue weighted by Crippen LogP contribution is -2.45. The van der Waals surface area contributed by atoms with Gasteiger partial charge in [-0.1, -0.05) is 36.4 Å². The Balaban J connectivity index is 1.63. The van der Waals surface area contributed by atoms with Crippen LogP contribution >= 0.6 is 0 Å². The van der Waals surface area contributed by atoms with Gasteiger partial charge in [-0.25, -0.2) is 23.3 Å². The maximum absolute atomic E-state index is 15.5. The van der Waals surface area contributed by atoms with Crippen molar-refractivity contribution in [3.8, 4) is 0 Å². The number of esters is 2. The van der Waals surface area contributed by atoms with Crippen molar-refractivity contribution in [3.05, 3.63) is 104 Å². The molecular formula is C24H20F2N2O7. The number of rotatable bonds is 6. The van der Waals surface area contributed by atoms with E-state index in [0.29, 0.717) is 4.57 Å². The molecule has 2 aromatic carbocycles. The van der Waals surface area contributed by atoms with Gasteiger partial charge in [-0.3, -0.25) is 9.78 Å². The lowest BCUT2D eigenvalue weighted by atomic mass is 10.1. The molecule has 0 bridgehead atoms. The minimum absolute atomic E-state index is 0.0916. The average Bonchev–Trinajstić information content (AvgIpc) is 3.16. The topological polar surface area (TPSA) is 117 Å². The van der Waals surface area contributed by atoms with E-state index < -0.39 is 65.9 Å². The molecule has 0 radical (unpaired) electrons. The lowest BCUT2D eigenvalue weighted by Gasteiger charge is -2.21. The maximum Gasteiger partial charge on any atom is 0.338 e. The molecule has 1 aliphatic heterocycles. The summed E-state index contributed by atoms with van der Waals surface area (Å²) in [6, 6.07) is 15.6. The Bertz CT molecular complexity index is 1340. The third-order valence-electron chi connectivity index (χ3n) is 5.46. The first-order chi connectivity index (χ1) is 16.8. The zero-order valence-electron chi connectivity index (χ0n) is 18.4. The second-order valence-electron chi connectivity index (χ2n) is 7.75. The molecule has 1 saturated heterocycles. The fourth-order valence-corrected chi connectivity index (χ4v) is 3.59. The third kappa shape index (κ3) is 4.90. The van der Waals surface area contributed by atoms with Gasteiger partial charge < -0.3 is 14.2 Å². The van der Waals surface area contributed by atoms with Crippen LogP contribution in [0.2, 0.25) is 0 Å². The second kappa shape index (κ2) is 10.0. The number of H-pyrrole nitrogens is 1. The Kier molecular flexibility index (Phi) is 6.87. The van der Waals surface area contributed by atoms with Crippen LogP contribution in [0, 0.1) is 12.9 Å². The minimum atomic E-state index is -2.09. The molecule has 4 rings (SSSR count). The van der Waals surface area contributed by atoms with Crippen LogP contribution in [0.5, 0.6) is 0 Å². The van der Waals surface area contributed by atoms with Gasteiger partial charge in [-0.15, -0.1) is 0 Å². The van der Waals surface area contributed by atoms with E-state index in [0.717, 1.165) is 6.92 Å². The number of aromatic amines is 1. The summed E-state index contributed by atoms with van der Waals surface area (Å²) < 4.78 is 45.7. The highest BCUT2D eigenvalue weighted by Crippen LogP contribution is 2.33. The fourth-order valence-electron chi connectivity index (χ4n) is 3.59. The summed E-state index contributed by atoms with van der Waals surface area (Å²) in [6.45, 7) is 0.522. The van der Waals surface area contributed by atoms with Gasteiger partial charge in [-0.2, -0.15) is 4.39 Å². The van der Waals surface area contributed by atoms with Crippen molar-refractivity contribution in [2.24, 2.45) is 0 Å². The number of benzene rings is 2. The van der Waals surface area contributed by atoms with Crippen LogP contribution in [0.15, 0.2) is 70.3 Å². The van der Waals surface area contributed by atoms with Crippen LogP contribution in [-0.2, 0) is 14.2 Å². The highest BCUT2D eigenvalue weighted by atomic mass is 19.1. The van der Waals surface area contributed by atoms with Crippen molar-refractivity contribution in [3.63, 3.8) is 0 Å². The van der Waals surface area contributed by atoms with Crippen LogP contribution < -0.4 is 11.2 Å². The smallest absolute Gasteiger partial charge is 0.338 e. The lowest BCUT2D eigenvalue weighted by molar-refractivity contribution is -0.0649. The van der Waals surface area contributed by atoms with Crippen molar-refractivity contribution in [1.29, 1.82) is 0 Å². The molecule has 1 fully saturated rings. The number of ether oxygens (including phenoxy) is 3. The predicted molar refractivity (Wildman–Crippen MR) is 117 cm³/mol. The number of hydrogen-bond acceptors (Lipinski definition) is 7. The summed E-state index contributed by atoms with van der Waals surface area (Å²) in [5.74, 6) is -2.84. The largest absolute Gasteiger partial charge is 0.459 e. The first-order valence-corrected chi connectivity index (χ1v) is 10.6. The summed E-state index contributed by atoms with van der Waals surface area (Å²) >= 11 is 0. The molecule has 9 nitrogen and oxygen atoms in total. The van der Waals surface area contributed by atoms with Crippen molar-refractivity contribution < 1.29 is 32.6 Å². The SMILES string of the molecule is Cc1c(F)[nH]c(=O)n([C@@H]2O[C@H](COC(=O)c3ccccc3)[C@@H](F)[C@H]2OC(=O)c2ccccc2)c1=O. The standard InChI is InChI=1S/C24H20F2N2O7/c1-13-19(26)27-24(32)28(20(13)29)21-18(35-23(31)15-10-6-3-7-11-15)17(25)16(34-21)12-33-22(30)14-8-4-2-5-9-14/h2-11,16-18,21H,12H2,1H3,(H,27,32)/t16-,17-,18-,21-/m1/s1. The number of halogens is 2. The molecule has 1 aromatic heterocycles. The second-order valence-corrected chi connectivity index (χ2v) is 7.75. The molecule has 1 N–H and O–H groups in total. The Morgan fingerprint density at radius 3 is 2.17 bits per heavy atom. The zero-order valence-corrected chi connectivity index (χ0v) is 18.4. The zero-order chi connectivity index (χ0) is 25.1. The number of carbonyl (C=O) groups excluding carboxylic acids is 2. The fraction of sp³-hybridized carbons (Fsp3) is 0.250. The number of hydrogen-bond donors (Lipinski definition) is 1. The molecule has 11 heteroatoms. The van der Waals surface area contributed by atoms with E-state index in [2.05, 4.69) is 0 Å². The normalized spacial score (nSPS) is 21.5. The van der Waals surface area contributed by atoms with Gasteiger partial charge in [-0.05, 0) is 31.2 Å². The first-order valence-electron chi connectivity index (χ1n) is 10.6. The summed E-state index contributed by atoms with van der Waals surface area (Å²) in [4.78, 5) is 51.8. The number of alkyl halides is 1. The molecule has 0 spiro atoms. The first kappa shape index (κ1) is 24.0. The number of aromatic nitrogens is 2. The van der Waals surface area contributed by atoms with Crippen molar-refractivity contribution >= 4 is 11.9 Å². The monoisotopic (exact) mass is 486 g/mol. The molecule has 4 atom stereocenters. The molecule has 0 unspecified atom stereocenters. The Hall–Kier alpha value is -4.12. The van der Waals surface area contributed by atoms with E-state index in [1.165, 1.54) is 24.3 Å². The highest BCUT2D eigenvalue weighted by molar-refractivity contribution is 5.89. The molecule has 0 saturated carbocycles. The van der Waals surface area contributed by atoms with E-state index in [1.54, 1.807) is 36.4 Å². The van der Waals surface area contributed by atoms with E-state index >= 15 is 4.39 Å². The van der Waals surface area contributed by atoms with Gasteiger partial charge in [0.2, 0.25) is 5.95 Å². The summed E-state index contributed by atoms with van der Waals surface area (Å²) in [5.41, 5.74) is -2.46. The van der Waals surface area contributed by atoms with Gasteiger partial charge in [0.1, 0.15) is 12.7 Å². The molecule has 3 aromatic rings. The highest BCUT2D eigenvalue weighted by Gasteiger charge is 2.50. The number of nitrogens with zero attached hydrogens (tertiary/aromatic N) is 1. The van der Waals surface area contributed by atoms with Crippen LogP contribution in [-0.4, -0.2) is 46.5 Å². The summed E-state index contributed by atoms with van der Waals surface area (Å²) in [7, 11) is 0. The quantitative estimate of drug-likeness (QED) is 0.420. The molecule has 0 amide bonds. The minimum Gasteiger partial charge on any atom is -0.459 e. The number of carbonyl (C=O) groups is 2. The van der Waals surface area contributed by atoms with Gasteiger partial charge in [0.15, 0.2) is 18.5 Å². The van der Waals surface area contributed by atoms with Crippen molar-refractivity contribution in [1.82, 2.24) is 9.55 Å². The molecular weight excluding hydrogens is 466 g/mol. The van der Waals surface area contributed by atoms with Gasteiger partial charge >= 0.3 is 17.6 Å². The van der Waals surface area contributed by atoms with Crippen molar-refractivity contribution in [2.75, 3.05) is 6.61 Å². The van der Waals surface area contributed by atoms with Crippen LogP contribution in [0.3, 0.4) is 0 Å². The van der Waals surface area contributed by atoms with E-state index in [4.69, 9.17) is 14.2 Å². The molecule has 35 heavy (non-hydrogen) atoms. The van der Waals surface area contributed by atoms with Gasteiger partial charge in [0.05, 0.1) is 16.7 Å². The number of nitrogens with one attached hydrogen (secondary N) is 1. The molecule has 182 valence electrons. The van der Waals surface area contributed by atoms with E-state index in [1.807, 2.05) is 4.98 Å². The van der Waals surface area contributed by atoms with Crippen molar-refractivity contribution in [2.45, 2.75) is 31.5 Å². The summed E-state index contributed by atoms with van der Waals surface area (Å²) in [6.07, 6.45) is -7.09. The predicted octanol–water partition coefficient (Wildman–Crippen LogP) is 2.30. The van der Waals surface area contributed by atoms with Crippen LogP contribution in [0.4, 0.5) is 8.78 Å². The average molecular weight is 486 g/mol. The third-order valence-corrected chi connectivity index (χ3v) is 5.46. The van der Waals surface area contributed by atoms with E-state index in [-0.39, 0.29) is 11.1 Å². The Morgan fingerprint density at radius 2 is 1.57 bits per heavy atom. The Labute approximate surface area is 196 Å². The molecule has 1 aliphatic rings. The Morgan fingerprint density at radius 1 is 1.00 bits per heavy atom. The van der Waals surface area contributed by atoms with Gasteiger partial charge in [0, 0.05) is 0 Å². The van der Waals surface area contributed by atoms with E-state index in [9.17, 15) is 23.6 Å².